The maximum Gasteiger partial charge on any atom is 0.433 e. The van der Waals surface area contributed by atoms with Gasteiger partial charge in [-0.3, -0.25) is 0 Å². The van der Waals surface area contributed by atoms with Crippen LogP contribution >= 0.6 is 0 Å². The highest BCUT2D eigenvalue weighted by Crippen LogP contribution is 2.29. The van der Waals surface area contributed by atoms with E-state index in [-0.39, 0.29) is 18.3 Å². The first-order chi connectivity index (χ1) is 9.94. The lowest BCUT2D eigenvalue weighted by molar-refractivity contribution is -0.141. The topological polar surface area (TPSA) is 80.5 Å². The molecule has 0 fully saturated rings. The molecular weight excluding hydrogens is 287 g/mol. The molecule has 0 aromatic carbocycles. The van der Waals surface area contributed by atoms with Crippen molar-refractivity contribution in [1.82, 2.24) is 24.7 Å². The van der Waals surface area contributed by atoms with Crippen molar-refractivity contribution in [2.24, 2.45) is 0 Å². The molecule has 0 radical (unpaired) electrons. The van der Waals surface area contributed by atoms with Gasteiger partial charge in [0, 0.05) is 19.7 Å². The van der Waals surface area contributed by atoms with Gasteiger partial charge < -0.3 is 15.2 Å². The molecule has 0 saturated heterocycles. The first-order valence-corrected chi connectivity index (χ1v) is 6.18. The van der Waals surface area contributed by atoms with Crippen molar-refractivity contribution >= 4 is 11.8 Å². The lowest BCUT2D eigenvalue weighted by atomic mass is 10.3. The summed E-state index contributed by atoms with van der Waals surface area (Å²) in [5, 5.41) is 12.9. The smallest absolute Gasteiger partial charge is 0.363 e. The number of hydrogen-bond donors (Lipinski definition) is 2. The summed E-state index contributed by atoms with van der Waals surface area (Å²) in [5.74, 6) is 0.562. The molecule has 0 bridgehead atoms. The van der Waals surface area contributed by atoms with Crippen LogP contribution in [-0.4, -0.2) is 31.8 Å². The van der Waals surface area contributed by atoms with E-state index in [0.717, 1.165) is 6.07 Å². The second kappa shape index (κ2) is 5.94. The average Bonchev–Trinajstić information content (AvgIpc) is 2.91. The number of halogens is 3. The summed E-state index contributed by atoms with van der Waals surface area (Å²) in [6.07, 6.45) is -2.98. The highest BCUT2D eigenvalue weighted by atomic mass is 19.4. The maximum atomic E-state index is 12.7. The van der Waals surface area contributed by atoms with Crippen LogP contribution in [0.1, 0.15) is 18.4 Å². The number of aryl methyl sites for hydroxylation is 1. The van der Waals surface area contributed by atoms with Gasteiger partial charge in [-0.1, -0.05) is 0 Å². The molecule has 0 aliphatic carbocycles. The summed E-state index contributed by atoms with van der Waals surface area (Å²) in [4.78, 5) is 7.31. The largest absolute Gasteiger partial charge is 0.433 e. The zero-order chi connectivity index (χ0) is 15.5. The number of aromatic nitrogens is 5. The molecule has 0 atom stereocenters. The SMILES string of the molecule is CCn1cnnc1CNc1cc(C(F)(F)F)nc(NC)n1. The van der Waals surface area contributed by atoms with Gasteiger partial charge in [0.2, 0.25) is 5.95 Å². The molecule has 2 aromatic heterocycles. The normalized spacial score (nSPS) is 11.5. The van der Waals surface area contributed by atoms with Crippen molar-refractivity contribution in [1.29, 1.82) is 0 Å². The minimum atomic E-state index is -4.53. The fourth-order valence-electron chi connectivity index (χ4n) is 1.64. The van der Waals surface area contributed by atoms with Crippen LogP contribution < -0.4 is 10.6 Å². The molecule has 0 spiro atoms. The average molecular weight is 301 g/mol. The summed E-state index contributed by atoms with van der Waals surface area (Å²) < 4.78 is 40.0. The third-order valence-electron chi connectivity index (χ3n) is 2.70. The van der Waals surface area contributed by atoms with Crippen LogP contribution in [0.25, 0.3) is 0 Å². The Hall–Kier alpha value is -2.39. The minimum absolute atomic E-state index is 0.0623. The Morgan fingerprint density at radius 2 is 2.05 bits per heavy atom. The van der Waals surface area contributed by atoms with E-state index in [0.29, 0.717) is 12.4 Å². The van der Waals surface area contributed by atoms with Gasteiger partial charge in [0.05, 0.1) is 6.54 Å². The van der Waals surface area contributed by atoms with Crippen LogP contribution in [0.4, 0.5) is 24.9 Å². The predicted molar refractivity (Wildman–Crippen MR) is 69.6 cm³/mol. The first kappa shape index (κ1) is 15.0. The quantitative estimate of drug-likeness (QED) is 0.876. The number of nitrogens with one attached hydrogen (secondary N) is 2. The molecule has 0 unspecified atom stereocenters. The predicted octanol–water partition coefficient (Wildman–Crippen LogP) is 1.76. The molecule has 7 nitrogen and oxygen atoms in total. The summed E-state index contributed by atoms with van der Waals surface area (Å²) in [7, 11) is 1.45. The van der Waals surface area contributed by atoms with Crippen LogP contribution in [0, 0.1) is 0 Å². The van der Waals surface area contributed by atoms with Crippen molar-refractivity contribution in [3.05, 3.63) is 23.9 Å². The van der Waals surface area contributed by atoms with E-state index >= 15 is 0 Å². The molecular formula is C11H14F3N7. The second-order valence-electron chi connectivity index (χ2n) is 4.10. The number of hydrogen-bond acceptors (Lipinski definition) is 6. The molecule has 0 saturated carbocycles. The van der Waals surface area contributed by atoms with E-state index in [1.165, 1.54) is 7.05 Å². The molecule has 21 heavy (non-hydrogen) atoms. The Bertz CT molecular complexity index is 608. The van der Waals surface area contributed by atoms with Gasteiger partial charge >= 0.3 is 6.18 Å². The standard InChI is InChI=1S/C11H14F3N7/c1-3-21-6-17-20-9(21)5-16-8-4-7(11(12,13)14)18-10(15-2)19-8/h4,6H,3,5H2,1-2H3,(H2,15,16,18,19). The van der Waals surface area contributed by atoms with Gasteiger partial charge in [-0.05, 0) is 6.92 Å². The third kappa shape index (κ3) is 3.58. The fourth-order valence-corrected chi connectivity index (χ4v) is 1.64. The summed E-state index contributed by atoms with van der Waals surface area (Å²) in [5.41, 5.74) is -1.01. The summed E-state index contributed by atoms with van der Waals surface area (Å²) in [6.45, 7) is 2.80. The van der Waals surface area contributed by atoms with Crippen LogP contribution in [-0.2, 0) is 19.3 Å². The third-order valence-corrected chi connectivity index (χ3v) is 2.70. The van der Waals surface area contributed by atoms with E-state index in [2.05, 4.69) is 30.8 Å². The van der Waals surface area contributed by atoms with E-state index in [4.69, 9.17) is 0 Å². The van der Waals surface area contributed by atoms with Crippen molar-refractivity contribution in [2.75, 3.05) is 17.7 Å². The molecule has 10 heteroatoms. The van der Waals surface area contributed by atoms with Crippen LogP contribution in [0.3, 0.4) is 0 Å². The summed E-state index contributed by atoms with van der Waals surface area (Å²) >= 11 is 0. The van der Waals surface area contributed by atoms with E-state index in [9.17, 15) is 13.2 Å². The van der Waals surface area contributed by atoms with E-state index in [1.807, 2.05) is 6.92 Å². The van der Waals surface area contributed by atoms with Gasteiger partial charge in [-0.2, -0.15) is 18.2 Å². The van der Waals surface area contributed by atoms with Crippen molar-refractivity contribution in [3.8, 4) is 0 Å². The van der Waals surface area contributed by atoms with Crippen LogP contribution in [0.15, 0.2) is 12.4 Å². The lowest BCUT2D eigenvalue weighted by Gasteiger charge is -2.11. The zero-order valence-corrected chi connectivity index (χ0v) is 11.4. The number of nitrogens with zero attached hydrogens (tertiary/aromatic N) is 5. The molecule has 2 heterocycles. The molecule has 0 amide bonds. The molecule has 114 valence electrons. The highest BCUT2D eigenvalue weighted by Gasteiger charge is 2.33. The van der Waals surface area contributed by atoms with Crippen LogP contribution in [0.5, 0.6) is 0 Å². The Morgan fingerprint density at radius 3 is 2.67 bits per heavy atom. The van der Waals surface area contributed by atoms with Crippen molar-refractivity contribution < 1.29 is 13.2 Å². The maximum absolute atomic E-state index is 12.7. The Kier molecular flexibility index (Phi) is 4.24. The molecule has 2 N–H and O–H groups in total. The molecule has 0 aliphatic rings. The lowest BCUT2D eigenvalue weighted by Crippen LogP contribution is -2.14. The van der Waals surface area contributed by atoms with E-state index < -0.39 is 11.9 Å². The van der Waals surface area contributed by atoms with Gasteiger partial charge in [0.25, 0.3) is 0 Å². The van der Waals surface area contributed by atoms with Crippen molar-refractivity contribution in [3.63, 3.8) is 0 Å². The number of alkyl halides is 3. The highest BCUT2D eigenvalue weighted by molar-refractivity contribution is 5.42. The van der Waals surface area contributed by atoms with Gasteiger partial charge in [-0.15, -0.1) is 10.2 Å². The number of anilines is 2. The van der Waals surface area contributed by atoms with Gasteiger partial charge in [0.1, 0.15) is 12.1 Å². The second-order valence-corrected chi connectivity index (χ2v) is 4.10. The molecule has 2 aromatic rings. The monoisotopic (exact) mass is 301 g/mol. The Balaban J connectivity index is 2.19. The summed E-state index contributed by atoms with van der Waals surface area (Å²) in [6, 6.07) is 0.855. The van der Waals surface area contributed by atoms with Gasteiger partial charge in [0.15, 0.2) is 11.5 Å². The fraction of sp³-hybridized carbons (Fsp3) is 0.455. The molecule has 0 aliphatic heterocycles. The Morgan fingerprint density at radius 1 is 1.29 bits per heavy atom. The zero-order valence-electron chi connectivity index (χ0n) is 11.4. The minimum Gasteiger partial charge on any atom is -0.363 e. The van der Waals surface area contributed by atoms with Gasteiger partial charge in [-0.25, -0.2) is 4.98 Å². The Labute approximate surface area is 118 Å². The van der Waals surface area contributed by atoms with E-state index in [1.54, 1.807) is 10.9 Å². The first-order valence-electron chi connectivity index (χ1n) is 6.18. The molecule has 2 rings (SSSR count). The van der Waals surface area contributed by atoms with Crippen LogP contribution in [0.2, 0.25) is 0 Å². The van der Waals surface area contributed by atoms with Crippen molar-refractivity contribution in [2.45, 2.75) is 26.2 Å². The number of rotatable bonds is 5.